The van der Waals surface area contributed by atoms with Crippen LogP contribution in [0.4, 0.5) is 5.69 Å². The molecule has 0 N–H and O–H groups in total. The Balaban J connectivity index is 1.65. The fraction of sp³-hybridized carbons (Fsp3) is 0.455. The van der Waals surface area contributed by atoms with E-state index in [-0.39, 0.29) is 0 Å². The largest absolute Gasteiger partial charge is 0.497 e. The van der Waals surface area contributed by atoms with Gasteiger partial charge >= 0.3 is 0 Å². The molecule has 1 heterocycles. The standard InChI is InChI=1S/C22H30N2O4S/c1-4-5-16-28-22-11-10-21(17-18(22)2)29(25,26)24-14-12-23(13-15-24)19-6-8-20(27-3)9-7-19/h6-11,17H,4-5,12-16H2,1-3H3. The summed E-state index contributed by atoms with van der Waals surface area (Å²) in [5.74, 6) is 1.56. The first-order chi connectivity index (χ1) is 14.0. The summed E-state index contributed by atoms with van der Waals surface area (Å²) in [6.07, 6.45) is 2.05. The number of rotatable bonds is 8. The predicted molar refractivity (Wildman–Crippen MR) is 116 cm³/mol. The molecule has 158 valence electrons. The van der Waals surface area contributed by atoms with E-state index in [0.717, 1.165) is 35.6 Å². The molecule has 0 saturated carbocycles. The number of sulfonamides is 1. The second kappa shape index (κ2) is 9.50. The number of anilines is 1. The van der Waals surface area contributed by atoms with Crippen LogP contribution in [-0.2, 0) is 10.0 Å². The molecule has 6 nitrogen and oxygen atoms in total. The molecule has 1 aliphatic heterocycles. The van der Waals surface area contributed by atoms with Crippen molar-refractivity contribution in [2.75, 3.05) is 44.8 Å². The minimum Gasteiger partial charge on any atom is -0.497 e. The SMILES string of the molecule is CCCCOc1ccc(S(=O)(=O)N2CCN(c3ccc(OC)cc3)CC2)cc1C. The Labute approximate surface area is 174 Å². The maximum absolute atomic E-state index is 13.1. The third-order valence-electron chi connectivity index (χ3n) is 5.22. The first kappa shape index (κ1) is 21.5. The summed E-state index contributed by atoms with van der Waals surface area (Å²) < 4.78 is 38.7. The summed E-state index contributed by atoms with van der Waals surface area (Å²) >= 11 is 0. The fourth-order valence-electron chi connectivity index (χ4n) is 3.40. The van der Waals surface area contributed by atoms with E-state index in [4.69, 9.17) is 9.47 Å². The molecule has 7 heteroatoms. The highest BCUT2D eigenvalue weighted by molar-refractivity contribution is 7.89. The van der Waals surface area contributed by atoms with Gasteiger partial charge in [-0.25, -0.2) is 8.42 Å². The zero-order chi connectivity index (χ0) is 20.9. The molecular weight excluding hydrogens is 388 g/mol. The maximum atomic E-state index is 13.1. The zero-order valence-electron chi connectivity index (χ0n) is 17.4. The number of unbranched alkanes of at least 4 members (excludes halogenated alkanes) is 1. The molecule has 1 aliphatic rings. The van der Waals surface area contributed by atoms with Crippen molar-refractivity contribution in [3.8, 4) is 11.5 Å². The summed E-state index contributed by atoms with van der Waals surface area (Å²) in [4.78, 5) is 2.53. The normalized spacial score (nSPS) is 15.3. The van der Waals surface area contributed by atoms with Crippen molar-refractivity contribution >= 4 is 15.7 Å². The quantitative estimate of drug-likeness (QED) is 0.612. The molecule has 1 fully saturated rings. The highest BCUT2D eigenvalue weighted by Gasteiger charge is 2.29. The van der Waals surface area contributed by atoms with Crippen LogP contribution in [0.3, 0.4) is 0 Å². The van der Waals surface area contributed by atoms with Gasteiger partial charge in [0.2, 0.25) is 10.0 Å². The number of methoxy groups -OCH3 is 1. The fourth-order valence-corrected chi connectivity index (χ4v) is 4.91. The second-order valence-electron chi connectivity index (χ2n) is 7.22. The Hall–Kier alpha value is -2.25. The van der Waals surface area contributed by atoms with Gasteiger partial charge in [0, 0.05) is 31.9 Å². The van der Waals surface area contributed by atoms with Crippen LogP contribution < -0.4 is 14.4 Å². The van der Waals surface area contributed by atoms with Gasteiger partial charge < -0.3 is 14.4 Å². The molecule has 3 rings (SSSR count). The average Bonchev–Trinajstić information content (AvgIpc) is 2.75. The van der Waals surface area contributed by atoms with E-state index in [9.17, 15) is 8.42 Å². The van der Waals surface area contributed by atoms with Gasteiger partial charge in [-0.15, -0.1) is 0 Å². The Morgan fingerprint density at radius 1 is 1.00 bits per heavy atom. The Kier molecular flexibility index (Phi) is 7.03. The third kappa shape index (κ3) is 5.03. The van der Waals surface area contributed by atoms with Crippen LogP contribution in [-0.4, -0.2) is 52.6 Å². The number of hydrogen-bond donors (Lipinski definition) is 0. The average molecular weight is 419 g/mol. The second-order valence-corrected chi connectivity index (χ2v) is 9.16. The van der Waals surface area contributed by atoms with Crippen molar-refractivity contribution < 1.29 is 17.9 Å². The lowest BCUT2D eigenvalue weighted by molar-refractivity contribution is 0.307. The minimum atomic E-state index is -3.51. The van der Waals surface area contributed by atoms with E-state index in [1.54, 1.807) is 29.6 Å². The van der Waals surface area contributed by atoms with Gasteiger partial charge in [-0.1, -0.05) is 13.3 Å². The van der Waals surface area contributed by atoms with Crippen molar-refractivity contribution in [2.24, 2.45) is 0 Å². The van der Waals surface area contributed by atoms with E-state index in [1.165, 1.54) is 0 Å². The Morgan fingerprint density at radius 3 is 2.28 bits per heavy atom. The van der Waals surface area contributed by atoms with Crippen molar-refractivity contribution in [1.82, 2.24) is 4.31 Å². The molecule has 0 atom stereocenters. The molecular formula is C22H30N2O4S. The lowest BCUT2D eigenvalue weighted by Gasteiger charge is -2.35. The van der Waals surface area contributed by atoms with Crippen LogP contribution in [0, 0.1) is 6.92 Å². The highest BCUT2D eigenvalue weighted by atomic mass is 32.2. The van der Waals surface area contributed by atoms with Crippen LogP contribution in [0.2, 0.25) is 0 Å². The Bertz CT molecular complexity index is 905. The molecule has 0 unspecified atom stereocenters. The number of nitrogens with zero attached hydrogens (tertiary/aromatic N) is 2. The molecule has 29 heavy (non-hydrogen) atoms. The number of ether oxygens (including phenoxy) is 2. The topological polar surface area (TPSA) is 59.1 Å². The van der Waals surface area contributed by atoms with Gasteiger partial charge in [0.1, 0.15) is 11.5 Å². The van der Waals surface area contributed by atoms with E-state index >= 15 is 0 Å². The van der Waals surface area contributed by atoms with Gasteiger partial charge in [-0.05, 0) is 61.4 Å². The highest BCUT2D eigenvalue weighted by Crippen LogP contribution is 2.26. The summed E-state index contributed by atoms with van der Waals surface area (Å²) in [6.45, 7) is 6.88. The van der Waals surface area contributed by atoms with Crippen LogP contribution in [0.15, 0.2) is 47.4 Å². The van der Waals surface area contributed by atoms with Crippen LogP contribution in [0.25, 0.3) is 0 Å². The van der Waals surface area contributed by atoms with Gasteiger partial charge in [-0.2, -0.15) is 4.31 Å². The summed E-state index contributed by atoms with van der Waals surface area (Å²) in [5, 5.41) is 0. The molecule has 2 aromatic rings. The minimum absolute atomic E-state index is 0.329. The monoisotopic (exact) mass is 418 g/mol. The van der Waals surface area contributed by atoms with Crippen LogP contribution in [0.1, 0.15) is 25.3 Å². The first-order valence-corrected chi connectivity index (χ1v) is 11.5. The van der Waals surface area contributed by atoms with Gasteiger partial charge in [0.15, 0.2) is 0 Å². The summed E-state index contributed by atoms with van der Waals surface area (Å²) in [7, 11) is -1.87. The third-order valence-corrected chi connectivity index (χ3v) is 7.11. The molecule has 0 bridgehead atoms. The lowest BCUT2D eigenvalue weighted by Crippen LogP contribution is -2.48. The maximum Gasteiger partial charge on any atom is 0.243 e. The molecule has 0 amide bonds. The molecule has 0 aliphatic carbocycles. The van der Waals surface area contributed by atoms with Gasteiger partial charge in [0.05, 0.1) is 18.6 Å². The number of hydrogen-bond acceptors (Lipinski definition) is 5. The van der Waals surface area contributed by atoms with E-state index in [2.05, 4.69) is 11.8 Å². The lowest BCUT2D eigenvalue weighted by atomic mass is 10.2. The van der Waals surface area contributed by atoms with E-state index in [0.29, 0.717) is 37.7 Å². The van der Waals surface area contributed by atoms with E-state index < -0.39 is 10.0 Å². The Morgan fingerprint density at radius 2 is 1.69 bits per heavy atom. The number of aryl methyl sites for hydroxylation is 1. The molecule has 0 radical (unpaired) electrons. The predicted octanol–water partition coefficient (Wildman–Crippen LogP) is 3.69. The van der Waals surface area contributed by atoms with Gasteiger partial charge in [0.25, 0.3) is 0 Å². The molecule has 1 saturated heterocycles. The molecule has 0 spiro atoms. The van der Waals surface area contributed by atoms with Crippen LogP contribution in [0.5, 0.6) is 11.5 Å². The van der Waals surface area contributed by atoms with Crippen molar-refractivity contribution in [1.29, 1.82) is 0 Å². The number of benzene rings is 2. The van der Waals surface area contributed by atoms with Crippen molar-refractivity contribution in [2.45, 2.75) is 31.6 Å². The van der Waals surface area contributed by atoms with Crippen molar-refractivity contribution in [3.63, 3.8) is 0 Å². The molecule has 2 aromatic carbocycles. The van der Waals surface area contributed by atoms with E-state index in [1.807, 2.05) is 31.2 Å². The number of piperazine rings is 1. The zero-order valence-corrected chi connectivity index (χ0v) is 18.2. The smallest absolute Gasteiger partial charge is 0.243 e. The summed E-state index contributed by atoms with van der Waals surface area (Å²) in [6, 6.07) is 13.0. The molecule has 0 aromatic heterocycles. The summed E-state index contributed by atoms with van der Waals surface area (Å²) in [5.41, 5.74) is 1.92. The first-order valence-electron chi connectivity index (χ1n) is 10.1. The van der Waals surface area contributed by atoms with Crippen LogP contribution >= 0.6 is 0 Å². The van der Waals surface area contributed by atoms with Gasteiger partial charge in [-0.3, -0.25) is 0 Å². The van der Waals surface area contributed by atoms with Crippen molar-refractivity contribution in [3.05, 3.63) is 48.0 Å².